The van der Waals surface area contributed by atoms with Crippen LogP contribution in [0.1, 0.15) is 30.4 Å². The van der Waals surface area contributed by atoms with E-state index in [0.29, 0.717) is 12.5 Å². The van der Waals surface area contributed by atoms with E-state index in [0.717, 1.165) is 24.2 Å². The maximum atomic E-state index is 12.0. The number of hydrogen-bond acceptors (Lipinski definition) is 2. The van der Waals surface area contributed by atoms with Crippen molar-refractivity contribution >= 4 is 11.6 Å². The number of aryl methyl sites for hydroxylation is 2. The molecule has 1 fully saturated rings. The molecule has 1 amide bonds. The molecule has 0 saturated carbocycles. The topological polar surface area (TPSA) is 32.3 Å². The molecule has 2 rings (SSSR count). The Kier molecular flexibility index (Phi) is 4.02. The van der Waals surface area contributed by atoms with E-state index < -0.39 is 0 Å². The Morgan fingerprint density at radius 1 is 1.44 bits per heavy atom. The highest BCUT2D eigenvalue weighted by Gasteiger charge is 2.23. The molecule has 0 aromatic heterocycles. The Hall–Kier alpha value is -1.35. The number of likely N-dealkylation sites (tertiary alicyclic amines) is 1. The molecule has 1 atom stereocenters. The number of rotatable bonds is 3. The van der Waals surface area contributed by atoms with Crippen LogP contribution in [0.2, 0.25) is 0 Å². The predicted molar refractivity (Wildman–Crippen MR) is 74.8 cm³/mol. The van der Waals surface area contributed by atoms with E-state index in [2.05, 4.69) is 30.3 Å². The monoisotopic (exact) mass is 246 g/mol. The van der Waals surface area contributed by atoms with Gasteiger partial charge in [0.15, 0.2) is 0 Å². The molecule has 0 bridgehead atoms. The molecule has 1 aliphatic heterocycles. The van der Waals surface area contributed by atoms with E-state index in [4.69, 9.17) is 0 Å². The third-order valence-electron chi connectivity index (χ3n) is 3.75. The second kappa shape index (κ2) is 5.53. The van der Waals surface area contributed by atoms with Crippen LogP contribution in [-0.2, 0) is 4.79 Å². The fourth-order valence-electron chi connectivity index (χ4n) is 2.61. The summed E-state index contributed by atoms with van der Waals surface area (Å²) in [4.78, 5) is 14.3. The lowest BCUT2D eigenvalue weighted by Gasteiger charge is -2.19. The summed E-state index contributed by atoms with van der Waals surface area (Å²) in [5.74, 6) is 0.126. The van der Waals surface area contributed by atoms with Crippen molar-refractivity contribution in [1.29, 1.82) is 0 Å². The molecular weight excluding hydrogens is 224 g/mol. The van der Waals surface area contributed by atoms with Crippen molar-refractivity contribution < 1.29 is 4.79 Å². The quantitative estimate of drug-likeness (QED) is 0.889. The lowest BCUT2D eigenvalue weighted by molar-refractivity contribution is -0.117. The summed E-state index contributed by atoms with van der Waals surface area (Å²) in [6, 6.07) is 6.53. The van der Waals surface area contributed by atoms with Gasteiger partial charge in [0.2, 0.25) is 5.91 Å². The molecule has 1 heterocycles. The van der Waals surface area contributed by atoms with Crippen molar-refractivity contribution in [2.24, 2.45) is 0 Å². The highest BCUT2D eigenvalue weighted by Crippen LogP contribution is 2.20. The summed E-state index contributed by atoms with van der Waals surface area (Å²) in [6.07, 6.45) is 2.94. The predicted octanol–water partition coefficient (Wildman–Crippen LogP) is 2.73. The zero-order valence-corrected chi connectivity index (χ0v) is 11.5. The molecule has 1 N–H and O–H groups in total. The summed E-state index contributed by atoms with van der Waals surface area (Å²) in [7, 11) is 2.10. The fraction of sp³-hybridized carbons (Fsp3) is 0.533. The van der Waals surface area contributed by atoms with Gasteiger partial charge in [-0.15, -0.1) is 0 Å². The summed E-state index contributed by atoms with van der Waals surface area (Å²) < 4.78 is 0. The molecule has 1 aromatic rings. The highest BCUT2D eigenvalue weighted by molar-refractivity contribution is 5.91. The molecule has 1 unspecified atom stereocenters. The number of anilines is 1. The van der Waals surface area contributed by atoms with E-state index in [1.54, 1.807) is 0 Å². The lowest BCUT2D eigenvalue weighted by Crippen LogP contribution is -2.29. The first kappa shape index (κ1) is 13.1. The van der Waals surface area contributed by atoms with Gasteiger partial charge in [0.1, 0.15) is 0 Å². The zero-order valence-electron chi connectivity index (χ0n) is 11.5. The van der Waals surface area contributed by atoms with Crippen molar-refractivity contribution in [2.75, 3.05) is 18.9 Å². The summed E-state index contributed by atoms with van der Waals surface area (Å²) in [5.41, 5.74) is 3.29. The number of carbonyl (C=O) groups excluding carboxylic acids is 1. The third kappa shape index (κ3) is 3.10. The molecule has 0 spiro atoms. The van der Waals surface area contributed by atoms with Gasteiger partial charge in [-0.1, -0.05) is 17.7 Å². The van der Waals surface area contributed by atoms with Gasteiger partial charge >= 0.3 is 0 Å². The Balaban J connectivity index is 1.94. The lowest BCUT2D eigenvalue weighted by atomic mass is 10.1. The summed E-state index contributed by atoms with van der Waals surface area (Å²) in [5, 5.41) is 3.02. The molecule has 0 aliphatic carbocycles. The SMILES string of the molecule is Cc1ccc(NC(=O)CC2CCCN2C)c(C)c1. The van der Waals surface area contributed by atoms with Crippen LogP contribution in [0.25, 0.3) is 0 Å². The molecule has 1 aromatic carbocycles. The van der Waals surface area contributed by atoms with Crippen molar-refractivity contribution in [3.05, 3.63) is 29.3 Å². The smallest absolute Gasteiger partial charge is 0.225 e. The van der Waals surface area contributed by atoms with Crippen molar-refractivity contribution in [3.63, 3.8) is 0 Å². The molecule has 1 aliphatic rings. The number of hydrogen-bond donors (Lipinski definition) is 1. The minimum atomic E-state index is 0.126. The second-order valence-corrected chi connectivity index (χ2v) is 5.35. The molecule has 1 saturated heterocycles. The molecule has 3 heteroatoms. The molecule has 3 nitrogen and oxygen atoms in total. The second-order valence-electron chi connectivity index (χ2n) is 5.35. The van der Waals surface area contributed by atoms with E-state index in [9.17, 15) is 4.79 Å². The maximum Gasteiger partial charge on any atom is 0.225 e. The minimum Gasteiger partial charge on any atom is -0.326 e. The van der Waals surface area contributed by atoms with Crippen molar-refractivity contribution in [1.82, 2.24) is 4.90 Å². The molecule has 18 heavy (non-hydrogen) atoms. The number of carbonyl (C=O) groups is 1. The molecular formula is C15H22N2O. The average molecular weight is 246 g/mol. The Morgan fingerprint density at radius 2 is 2.22 bits per heavy atom. The van der Waals surface area contributed by atoms with Crippen LogP contribution in [0, 0.1) is 13.8 Å². The van der Waals surface area contributed by atoms with Crippen molar-refractivity contribution in [3.8, 4) is 0 Å². The summed E-state index contributed by atoms with van der Waals surface area (Å²) in [6.45, 7) is 5.21. The van der Waals surface area contributed by atoms with Gasteiger partial charge in [0.05, 0.1) is 0 Å². The van der Waals surface area contributed by atoms with Crippen LogP contribution in [0.4, 0.5) is 5.69 Å². The van der Waals surface area contributed by atoms with Gasteiger partial charge in [-0.25, -0.2) is 0 Å². The number of benzene rings is 1. The summed E-state index contributed by atoms with van der Waals surface area (Å²) >= 11 is 0. The molecule has 0 radical (unpaired) electrons. The van der Waals surface area contributed by atoms with Gasteiger partial charge in [-0.05, 0) is 51.9 Å². The average Bonchev–Trinajstić information content (AvgIpc) is 2.69. The van der Waals surface area contributed by atoms with Gasteiger partial charge in [0, 0.05) is 18.2 Å². The largest absolute Gasteiger partial charge is 0.326 e. The zero-order chi connectivity index (χ0) is 13.1. The van der Waals surface area contributed by atoms with E-state index in [1.165, 1.54) is 12.0 Å². The van der Waals surface area contributed by atoms with Crippen LogP contribution in [0.5, 0.6) is 0 Å². The number of nitrogens with zero attached hydrogens (tertiary/aromatic N) is 1. The third-order valence-corrected chi connectivity index (χ3v) is 3.75. The maximum absolute atomic E-state index is 12.0. The standard InChI is InChI=1S/C15H22N2O/c1-11-6-7-14(12(2)9-11)16-15(18)10-13-5-4-8-17(13)3/h6-7,9,13H,4-5,8,10H2,1-3H3,(H,16,18). The van der Waals surface area contributed by atoms with Gasteiger partial charge in [-0.2, -0.15) is 0 Å². The van der Waals surface area contributed by atoms with Crippen LogP contribution >= 0.6 is 0 Å². The Morgan fingerprint density at radius 3 is 2.83 bits per heavy atom. The van der Waals surface area contributed by atoms with Gasteiger partial charge < -0.3 is 10.2 Å². The first-order chi connectivity index (χ1) is 8.56. The van der Waals surface area contributed by atoms with Crippen LogP contribution in [-0.4, -0.2) is 30.4 Å². The van der Waals surface area contributed by atoms with Gasteiger partial charge in [-0.3, -0.25) is 4.79 Å². The van der Waals surface area contributed by atoms with Crippen molar-refractivity contribution in [2.45, 2.75) is 39.2 Å². The van der Waals surface area contributed by atoms with E-state index >= 15 is 0 Å². The highest BCUT2D eigenvalue weighted by atomic mass is 16.1. The Bertz CT molecular complexity index is 442. The van der Waals surface area contributed by atoms with Crippen LogP contribution < -0.4 is 5.32 Å². The van der Waals surface area contributed by atoms with Crippen LogP contribution in [0.15, 0.2) is 18.2 Å². The fourth-order valence-corrected chi connectivity index (χ4v) is 2.61. The van der Waals surface area contributed by atoms with E-state index in [1.807, 2.05) is 19.1 Å². The first-order valence-electron chi connectivity index (χ1n) is 6.63. The normalized spacial score (nSPS) is 20.1. The Labute approximate surface area is 109 Å². The number of nitrogens with one attached hydrogen (secondary N) is 1. The van der Waals surface area contributed by atoms with Gasteiger partial charge in [0.25, 0.3) is 0 Å². The minimum absolute atomic E-state index is 0.126. The first-order valence-corrected chi connectivity index (χ1v) is 6.63. The number of amides is 1. The van der Waals surface area contributed by atoms with Crippen LogP contribution in [0.3, 0.4) is 0 Å². The molecule has 98 valence electrons. The van der Waals surface area contributed by atoms with E-state index in [-0.39, 0.29) is 5.91 Å².